The SMILES string of the molecule is CON(C)S(=O)(=O)c1ccc(C(=O)NCc2cccc(S(=O)(=O)N3CCCCC3)c2)cc1. The van der Waals surface area contributed by atoms with Crippen LogP contribution in [0.1, 0.15) is 35.2 Å². The topological polar surface area (TPSA) is 113 Å². The first-order valence-electron chi connectivity index (χ1n) is 10.2. The van der Waals surface area contributed by atoms with E-state index in [0.29, 0.717) is 18.7 Å². The molecule has 1 heterocycles. The molecule has 1 aliphatic rings. The Labute approximate surface area is 189 Å². The van der Waals surface area contributed by atoms with Crippen molar-refractivity contribution in [1.82, 2.24) is 14.1 Å². The van der Waals surface area contributed by atoms with Crippen molar-refractivity contribution in [2.45, 2.75) is 35.6 Å². The van der Waals surface area contributed by atoms with Gasteiger partial charge in [-0.1, -0.05) is 23.0 Å². The summed E-state index contributed by atoms with van der Waals surface area (Å²) in [6.45, 7) is 1.18. The van der Waals surface area contributed by atoms with Crippen LogP contribution in [0.25, 0.3) is 0 Å². The highest BCUT2D eigenvalue weighted by molar-refractivity contribution is 7.89. The second-order valence-electron chi connectivity index (χ2n) is 7.42. The zero-order valence-electron chi connectivity index (χ0n) is 18.0. The monoisotopic (exact) mass is 481 g/mol. The molecule has 2 aromatic carbocycles. The minimum absolute atomic E-state index is 0.00554. The van der Waals surface area contributed by atoms with Crippen molar-refractivity contribution < 1.29 is 26.5 Å². The first-order chi connectivity index (χ1) is 15.2. The van der Waals surface area contributed by atoms with Crippen LogP contribution < -0.4 is 5.32 Å². The van der Waals surface area contributed by atoms with Gasteiger partial charge in [-0.15, -0.1) is 0 Å². The van der Waals surface area contributed by atoms with Crippen LogP contribution in [0.2, 0.25) is 0 Å². The molecule has 1 N–H and O–H groups in total. The van der Waals surface area contributed by atoms with Gasteiger partial charge in [-0.3, -0.25) is 9.63 Å². The Morgan fingerprint density at radius 2 is 1.66 bits per heavy atom. The zero-order valence-corrected chi connectivity index (χ0v) is 19.7. The van der Waals surface area contributed by atoms with E-state index < -0.39 is 26.0 Å². The van der Waals surface area contributed by atoms with Gasteiger partial charge in [-0.25, -0.2) is 16.8 Å². The molecule has 0 spiro atoms. The minimum Gasteiger partial charge on any atom is -0.348 e. The smallest absolute Gasteiger partial charge is 0.264 e. The van der Waals surface area contributed by atoms with Crippen molar-refractivity contribution in [3.05, 3.63) is 59.7 Å². The van der Waals surface area contributed by atoms with E-state index in [-0.39, 0.29) is 21.9 Å². The largest absolute Gasteiger partial charge is 0.348 e. The number of hydrogen-bond donors (Lipinski definition) is 1. The lowest BCUT2D eigenvalue weighted by atomic mass is 10.2. The summed E-state index contributed by atoms with van der Waals surface area (Å²) in [7, 11) is -4.83. The van der Waals surface area contributed by atoms with Crippen LogP contribution in [0.15, 0.2) is 58.3 Å². The molecule has 1 aliphatic heterocycles. The molecule has 2 aromatic rings. The van der Waals surface area contributed by atoms with E-state index >= 15 is 0 Å². The van der Waals surface area contributed by atoms with E-state index in [1.807, 2.05) is 0 Å². The number of piperidine rings is 1. The van der Waals surface area contributed by atoms with Crippen LogP contribution in [0.5, 0.6) is 0 Å². The van der Waals surface area contributed by atoms with Crippen molar-refractivity contribution in [3.8, 4) is 0 Å². The van der Waals surface area contributed by atoms with Crippen LogP contribution in [0.4, 0.5) is 0 Å². The summed E-state index contributed by atoms with van der Waals surface area (Å²) in [5.74, 6) is -0.404. The van der Waals surface area contributed by atoms with Gasteiger partial charge in [0.15, 0.2) is 0 Å². The molecule has 0 saturated carbocycles. The molecule has 32 heavy (non-hydrogen) atoms. The fourth-order valence-electron chi connectivity index (χ4n) is 3.38. The second-order valence-corrected chi connectivity index (χ2v) is 11.3. The van der Waals surface area contributed by atoms with Crippen molar-refractivity contribution in [2.24, 2.45) is 0 Å². The average Bonchev–Trinajstić information content (AvgIpc) is 2.82. The summed E-state index contributed by atoms with van der Waals surface area (Å²) in [6, 6.07) is 12.0. The van der Waals surface area contributed by atoms with Crippen molar-refractivity contribution in [1.29, 1.82) is 0 Å². The highest BCUT2D eigenvalue weighted by Gasteiger charge is 2.26. The van der Waals surface area contributed by atoms with Crippen LogP contribution >= 0.6 is 0 Å². The fourth-order valence-corrected chi connectivity index (χ4v) is 5.94. The van der Waals surface area contributed by atoms with E-state index in [2.05, 4.69) is 5.32 Å². The number of hydrogen-bond acceptors (Lipinski definition) is 6. The van der Waals surface area contributed by atoms with E-state index in [9.17, 15) is 21.6 Å². The molecule has 174 valence electrons. The van der Waals surface area contributed by atoms with Crippen LogP contribution in [-0.4, -0.2) is 58.8 Å². The molecule has 1 amide bonds. The molecule has 0 aromatic heterocycles. The van der Waals surface area contributed by atoms with E-state index in [4.69, 9.17) is 4.84 Å². The number of nitrogens with one attached hydrogen (secondary N) is 1. The summed E-state index contributed by atoms with van der Waals surface area (Å²) < 4.78 is 52.4. The zero-order chi connectivity index (χ0) is 23.4. The molecular weight excluding hydrogens is 454 g/mol. The number of amides is 1. The predicted octanol–water partition coefficient (Wildman–Crippen LogP) is 1.97. The minimum atomic E-state index is -3.80. The molecule has 0 radical (unpaired) electrons. The average molecular weight is 482 g/mol. The maximum atomic E-state index is 12.9. The maximum Gasteiger partial charge on any atom is 0.264 e. The van der Waals surface area contributed by atoms with Crippen LogP contribution in [0.3, 0.4) is 0 Å². The number of nitrogens with zero attached hydrogens (tertiary/aromatic N) is 2. The van der Waals surface area contributed by atoms with E-state index in [1.54, 1.807) is 24.3 Å². The second kappa shape index (κ2) is 10.1. The molecule has 0 unspecified atom stereocenters. The molecular formula is C21H27N3O6S2. The van der Waals surface area contributed by atoms with Gasteiger partial charge < -0.3 is 5.32 Å². The van der Waals surface area contributed by atoms with Crippen molar-refractivity contribution >= 4 is 26.0 Å². The lowest BCUT2D eigenvalue weighted by molar-refractivity contribution is -0.0258. The molecule has 0 aliphatic carbocycles. The number of carbonyl (C=O) groups is 1. The molecule has 0 atom stereocenters. The third-order valence-corrected chi connectivity index (χ3v) is 8.90. The van der Waals surface area contributed by atoms with Crippen LogP contribution in [0, 0.1) is 0 Å². The Kier molecular flexibility index (Phi) is 7.67. The predicted molar refractivity (Wildman–Crippen MR) is 119 cm³/mol. The Morgan fingerprint density at radius 1 is 1.00 bits per heavy atom. The summed E-state index contributed by atoms with van der Waals surface area (Å²) in [5, 5.41) is 2.73. The molecule has 0 bridgehead atoms. The van der Waals surface area contributed by atoms with Crippen LogP contribution in [-0.2, 0) is 31.4 Å². The molecule has 11 heteroatoms. The number of sulfonamides is 2. The molecule has 1 fully saturated rings. The number of carbonyl (C=O) groups excluding carboxylic acids is 1. The third kappa shape index (κ3) is 5.36. The molecule has 1 saturated heterocycles. The molecule has 3 rings (SSSR count). The van der Waals surface area contributed by atoms with Gasteiger partial charge in [-0.05, 0) is 54.8 Å². The van der Waals surface area contributed by atoms with Crippen molar-refractivity contribution in [2.75, 3.05) is 27.2 Å². The van der Waals surface area contributed by atoms with Crippen molar-refractivity contribution in [3.63, 3.8) is 0 Å². The summed E-state index contributed by atoms with van der Waals surface area (Å²) in [4.78, 5) is 17.4. The Bertz CT molecular complexity index is 1160. The Morgan fingerprint density at radius 3 is 2.28 bits per heavy atom. The van der Waals surface area contributed by atoms with Gasteiger partial charge >= 0.3 is 0 Å². The van der Waals surface area contributed by atoms with Gasteiger partial charge in [0, 0.05) is 32.2 Å². The lowest BCUT2D eigenvalue weighted by Crippen LogP contribution is -2.35. The Hall–Kier alpha value is -2.31. The van der Waals surface area contributed by atoms with Gasteiger partial charge in [0.25, 0.3) is 15.9 Å². The molecule has 9 nitrogen and oxygen atoms in total. The summed E-state index contributed by atoms with van der Waals surface area (Å²) in [6.07, 6.45) is 2.75. The Balaban J connectivity index is 1.67. The fraction of sp³-hybridized carbons (Fsp3) is 0.381. The number of benzene rings is 2. The van der Waals surface area contributed by atoms with Gasteiger partial charge in [-0.2, -0.15) is 4.31 Å². The first-order valence-corrected chi connectivity index (χ1v) is 13.0. The van der Waals surface area contributed by atoms with Gasteiger partial charge in [0.2, 0.25) is 10.0 Å². The van der Waals surface area contributed by atoms with Gasteiger partial charge in [0.05, 0.1) is 16.9 Å². The van der Waals surface area contributed by atoms with E-state index in [1.165, 1.54) is 42.7 Å². The summed E-state index contributed by atoms with van der Waals surface area (Å²) >= 11 is 0. The normalized spacial score (nSPS) is 15.6. The lowest BCUT2D eigenvalue weighted by Gasteiger charge is -2.26. The standard InChI is InChI=1S/C21H27N3O6S2/c1-23(30-2)31(26,27)19-11-9-18(10-12-19)21(25)22-16-17-7-6-8-20(15-17)32(28,29)24-13-4-3-5-14-24/h6-12,15H,3-5,13-14,16H2,1-2H3,(H,22,25). The van der Waals surface area contributed by atoms with E-state index in [0.717, 1.165) is 23.7 Å². The van der Waals surface area contributed by atoms with Gasteiger partial charge in [0.1, 0.15) is 0 Å². The highest BCUT2D eigenvalue weighted by Crippen LogP contribution is 2.21. The number of hydroxylamine groups is 1. The first kappa shape index (κ1) is 24.3. The third-order valence-electron chi connectivity index (χ3n) is 5.31. The maximum absolute atomic E-state index is 12.9. The number of rotatable bonds is 8. The highest BCUT2D eigenvalue weighted by atomic mass is 32.2. The quantitative estimate of drug-likeness (QED) is 0.577. The summed E-state index contributed by atoms with van der Waals surface area (Å²) in [5.41, 5.74) is 0.929.